The molecule has 1 fully saturated rings. The van der Waals surface area contributed by atoms with E-state index in [1.165, 1.54) is 0 Å². The van der Waals surface area contributed by atoms with E-state index in [9.17, 15) is 4.79 Å². The van der Waals surface area contributed by atoms with Crippen LogP contribution in [0, 0.1) is 12.3 Å². The van der Waals surface area contributed by atoms with Crippen molar-refractivity contribution in [2.24, 2.45) is 11.1 Å². The predicted octanol–water partition coefficient (Wildman–Crippen LogP) is 3.07. The highest BCUT2D eigenvalue weighted by molar-refractivity contribution is 6.33. The third-order valence-electron chi connectivity index (χ3n) is 4.16. The van der Waals surface area contributed by atoms with Gasteiger partial charge in [-0.1, -0.05) is 31.5 Å². The first-order valence-electron chi connectivity index (χ1n) is 7.32. The number of benzene rings is 1. The van der Waals surface area contributed by atoms with Crippen molar-refractivity contribution in [2.45, 2.75) is 33.2 Å². The second-order valence-corrected chi connectivity index (χ2v) is 7.03. The number of hydrogen-bond acceptors (Lipinski definition) is 3. The number of nitrogens with two attached hydrogens (primary N) is 1. The van der Waals surface area contributed by atoms with Gasteiger partial charge in [-0.2, -0.15) is 0 Å². The Bertz CT molecular complexity index is 534. The Kier molecular flexibility index (Phi) is 6.68. The topological polar surface area (TPSA) is 58.4 Å². The van der Waals surface area contributed by atoms with Crippen molar-refractivity contribution < 1.29 is 4.79 Å². The normalized spacial score (nSPS) is 21.0. The quantitative estimate of drug-likeness (QED) is 0.884. The molecule has 0 spiro atoms. The fourth-order valence-corrected chi connectivity index (χ4v) is 3.02. The van der Waals surface area contributed by atoms with Crippen molar-refractivity contribution in [1.82, 2.24) is 4.90 Å². The lowest BCUT2D eigenvalue weighted by molar-refractivity contribution is -0.118. The molecule has 0 radical (unpaired) electrons. The van der Waals surface area contributed by atoms with Crippen molar-refractivity contribution in [3.05, 3.63) is 28.8 Å². The van der Waals surface area contributed by atoms with E-state index in [1.807, 2.05) is 25.1 Å². The van der Waals surface area contributed by atoms with Crippen molar-refractivity contribution >= 4 is 35.6 Å². The van der Waals surface area contributed by atoms with Crippen LogP contribution in [0.25, 0.3) is 0 Å². The van der Waals surface area contributed by atoms with Gasteiger partial charge in [0, 0.05) is 19.1 Å². The number of nitrogens with zero attached hydrogens (tertiary/aromatic N) is 1. The smallest absolute Gasteiger partial charge is 0.238 e. The Morgan fingerprint density at radius 3 is 2.77 bits per heavy atom. The minimum Gasteiger partial charge on any atom is -0.327 e. The summed E-state index contributed by atoms with van der Waals surface area (Å²) >= 11 is 6.14. The van der Waals surface area contributed by atoms with E-state index in [-0.39, 0.29) is 29.8 Å². The molecule has 6 heteroatoms. The molecule has 0 saturated carbocycles. The van der Waals surface area contributed by atoms with E-state index in [0.29, 0.717) is 17.3 Å². The van der Waals surface area contributed by atoms with Crippen molar-refractivity contribution in [3.63, 3.8) is 0 Å². The van der Waals surface area contributed by atoms with Crippen LogP contribution in [0.2, 0.25) is 5.02 Å². The van der Waals surface area contributed by atoms with Gasteiger partial charge in [0.1, 0.15) is 0 Å². The minimum absolute atomic E-state index is 0. The molecular weight excluding hydrogens is 321 g/mol. The summed E-state index contributed by atoms with van der Waals surface area (Å²) in [6, 6.07) is 5.82. The molecule has 1 aliphatic rings. The summed E-state index contributed by atoms with van der Waals surface area (Å²) in [6.07, 6.45) is 0.922. The molecule has 22 heavy (non-hydrogen) atoms. The Morgan fingerprint density at radius 2 is 2.18 bits per heavy atom. The molecule has 1 aromatic carbocycles. The zero-order chi connectivity index (χ0) is 15.6. The van der Waals surface area contributed by atoms with Gasteiger partial charge in [-0.25, -0.2) is 0 Å². The standard InChI is InChI=1S/C16H24ClN3O.ClH/c1-11-4-5-13(12(17)8-11)19-15(21)9-20-7-6-14(18)16(2,3)10-20;/h4-5,8,14H,6-7,9-10,18H2,1-3H3,(H,19,21);1H. The number of rotatable bonds is 3. The molecule has 0 aliphatic carbocycles. The molecule has 1 heterocycles. The summed E-state index contributed by atoms with van der Waals surface area (Å²) in [5.74, 6) is -0.0352. The molecule has 1 saturated heterocycles. The first-order valence-corrected chi connectivity index (χ1v) is 7.70. The van der Waals surface area contributed by atoms with E-state index in [0.717, 1.165) is 25.1 Å². The van der Waals surface area contributed by atoms with Crippen LogP contribution in [-0.2, 0) is 4.79 Å². The van der Waals surface area contributed by atoms with E-state index in [4.69, 9.17) is 17.3 Å². The van der Waals surface area contributed by atoms with Crippen LogP contribution in [0.5, 0.6) is 0 Å². The highest BCUT2D eigenvalue weighted by Crippen LogP contribution is 2.27. The molecule has 2 rings (SSSR count). The predicted molar refractivity (Wildman–Crippen MR) is 94.9 cm³/mol. The maximum atomic E-state index is 12.2. The highest BCUT2D eigenvalue weighted by Gasteiger charge is 2.33. The SMILES string of the molecule is Cc1ccc(NC(=O)CN2CCC(N)C(C)(C)C2)c(Cl)c1.Cl. The molecule has 1 atom stereocenters. The van der Waals surface area contributed by atoms with Gasteiger partial charge in [0.15, 0.2) is 0 Å². The lowest BCUT2D eigenvalue weighted by Crippen LogP contribution is -2.53. The number of piperidine rings is 1. The summed E-state index contributed by atoms with van der Waals surface area (Å²) in [5, 5.41) is 3.45. The van der Waals surface area contributed by atoms with Gasteiger partial charge in [-0.3, -0.25) is 9.69 Å². The zero-order valence-corrected chi connectivity index (χ0v) is 14.9. The van der Waals surface area contributed by atoms with Gasteiger partial charge in [-0.05, 0) is 36.5 Å². The molecule has 4 nitrogen and oxygen atoms in total. The van der Waals surface area contributed by atoms with Gasteiger partial charge in [-0.15, -0.1) is 12.4 Å². The summed E-state index contributed by atoms with van der Waals surface area (Å²) in [5.41, 5.74) is 7.90. The maximum absolute atomic E-state index is 12.2. The number of nitrogens with one attached hydrogen (secondary N) is 1. The molecule has 0 bridgehead atoms. The molecule has 1 aromatic rings. The van der Waals surface area contributed by atoms with E-state index in [2.05, 4.69) is 24.1 Å². The first-order chi connectivity index (χ1) is 9.78. The number of likely N-dealkylation sites (tertiary alicyclic amines) is 1. The van der Waals surface area contributed by atoms with Crippen LogP contribution >= 0.6 is 24.0 Å². The zero-order valence-electron chi connectivity index (χ0n) is 13.4. The highest BCUT2D eigenvalue weighted by atomic mass is 35.5. The monoisotopic (exact) mass is 345 g/mol. The number of hydrogen-bond donors (Lipinski definition) is 2. The lowest BCUT2D eigenvalue weighted by Gasteiger charge is -2.42. The summed E-state index contributed by atoms with van der Waals surface area (Å²) in [7, 11) is 0. The molecule has 1 unspecified atom stereocenters. The summed E-state index contributed by atoms with van der Waals surface area (Å²) in [6.45, 7) is 8.34. The number of carbonyl (C=O) groups excluding carboxylic acids is 1. The number of halogens is 2. The van der Waals surface area contributed by atoms with Gasteiger partial charge < -0.3 is 11.1 Å². The molecule has 1 amide bonds. The molecule has 124 valence electrons. The van der Waals surface area contributed by atoms with Gasteiger partial charge >= 0.3 is 0 Å². The van der Waals surface area contributed by atoms with Gasteiger partial charge in [0.05, 0.1) is 17.3 Å². The Labute approximate surface area is 143 Å². The van der Waals surface area contributed by atoms with Gasteiger partial charge in [0.25, 0.3) is 0 Å². The number of carbonyl (C=O) groups is 1. The van der Waals surface area contributed by atoms with Crippen LogP contribution < -0.4 is 11.1 Å². The fourth-order valence-electron chi connectivity index (χ4n) is 2.73. The third-order valence-corrected chi connectivity index (χ3v) is 4.47. The Balaban J connectivity index is 0.00000242. The van der Waals surface area contributed by atoms with Crippen molar-refractivity contribution in [3.8, 4) is 0 Å². The summed E-state index contributed by atoms with van der Waals surface area (Å²) in [4.78, 5) is 14.3. The third kappa shape index (κ3) is 4.85. The van der Waals surface area contributed by atoms with Crippen molar-refractivity contribution in [1.29, 1.82) is 0 Å². The average Bonchev–Trinajstić information content (AvgIpc) is 2.37. The second kappa shape index (κ2) is 7.64. The average molecular weight is 346 g/mol. The van der Waals surface area contributed by atoms with Crippen LogP contribution in [0.15, 0.2) is 18.2 Å². The van der Waals surface area contributed by atoms with Crippen LogP contribution in [-0.4, -0.2) is 36.5 Å². The van der Waals surface area contributed by atoms with Crippen LogP contribution in [0.1, 0.15) is 25.8 Å². The second-order valence-electron chi connectivity index (χ2n) is 6.63. The maximum Gasteiger partial charge on any atom is 0.238 e. The Hall–Kier alpha value is -0.810. The van der Waals surface area contributed by atoms with E-state index in [1.54, 1.807) is 0 Å². The lowest BCUT2D eigenvalue weighted by atomic mass is 9.80. The first kappa shape index (κ1) is 19.2. The Morgan fingerprint density at radius 1 is 1.50 bits per heavy atom. The summed E-state index contributed by atoms with van der Waals surface area (Å²) < 4.78 is 0. The fraction of sp³-hybridized carbons (Fsp3) is 0.562. The van der Waals surface area contributed by atoms with Gasteiger partial charge in [0.2, 0.25) is 5.91 Å². The molecule has 1 aliphatic heterocycles. The number of anilines is 1. The minimum atomic E-state index is -0.0352. The van der Waals surface area contributed by atoms with Crippen LogP contribution in [0.4, 0.5) is 5.69 Å². The largest absolute Gasteiger partial charge is 0.327 e. The van der Waals surface area contributed by atoms with E-state index < -0.39 is 0 Å². The number of amides is 1. The van der Waals surface area contributed by atoms with E-state index >= 15 is 0 Å². The molecule has 3 N–H and O–H groups in total. The van der Waals surface area contributed by atoms with Crippen LogP contribution in [0.3, 0.4) is 0 Å². The van der Waals surface area contributed by atoms with Crippen molar-refractivity contribution in [2.75, 3.05) is 25.0 Å². The molecule has 0 aromatic heterocycles. The molecular formula is C16H25Cl2N3O. The number of aryl methyl sites for hydroxylation is 1.